The molecule has 0 radical (unpaired) electrons. The van der Waals surface area contributed by atoms with Gasteiger partial charge in [0.05, 0.1) is 26.8 Å². The highest BCUT2D eigenvalue weighted by Gasteiger charge is 2.32. The van der Waals surface area contributed by atoms with Crippen LogP contribution >= 0.6 is 22.9 Å². The maximum atomic E-state index is 12.9. The van der Waals surface area contributed by atoms with Crippen molar-refractivity contribution in [1.82, 2.24) is 14.7 Å². The van der Waals surface area contributed by atoms with E-state index >= 15 is 0 Å². The molecule has 0 unspecified atom stereocenters. The van der Waals surface area contributed by atoms with Crippen LogP contribution in [0, 0.1) is 0 Å². The number of carbonyl (C=O) groups excluding carboxylic acids is 1. The van der Waals surface area contributed by atoms with E-state index in [0.29, 0.717) is 34.3 Å². The third kappa shape index (κ3) is 4.68. The number of ether oxygens (including phenoxy) is 1. The summed E-state index contributed by atoms with van der Waals surface area (Å²) in [4.78, 5) is 16.9. The van der Waals surface area contributed by atoms with Gasteiger partial charge in [-0.3, -0.25) is 15.6 Å². The predicted octanol–water partition coefficient (Wildman–Crippen LogP) is 3.50. The van der Waals surface area contributed by atoms with E-state index in [1.54, 1.807) is 6.07 Å². The molecular weight excluding hydrogens is 460 g/mol. The number of fused-ring (bicyclic) bond motifs is 1. The number of hydrogen-bond acceptors (Lipinski definition) is 7. The summed E-state index contributed by atoms with van der Waals surface area (Å²) >= 11 is 7.48. The Hall–Kier alpha value is -2.24. The van der Waals surface area contributed by atoms with Crippen molar-refractivity contribution in [2.45, 2.75) is 31.0 Å². The maximum Gasteiger partial charge on any atom is 0.269 e. The summed E-state index contributed by atoms with van der Waals surface area (Å²) in [6.45, 7) is 4.28. The van der Waals surface area contributed by atoms with Gasteiger partial charge in [0.1, 0.15) is 5.52 Å². The molecule has 1 saturated heterocycles. The lowest BCUT2D eigenvalue weighted by atomic mass is 10.2. The van der Waals surface area contributed by atoms with Crippen molar-refractivity contribution in [3.8, 4) is 0 Å². The maximum absolute atomic E-state index is 12.9. The highest BCUT2D eigenvalue weighted by Crippen LogP contribution is 2.30. The number of sulfonamides is 1. The standard InChI is InChI=1S/C20H21ClN4O4S2/c1-12-10-25(11-13(2)29-12)31(27,28)15-8-6-14(7-9-15)19(26)23-24-20-22-18-16(21)4-3-5-17(18)30-20/h3-9,12-13H,10-11H2,1-2H3,(H,22,24)(H,23,26)/t12-,13+. The van der Waals surface area contributed by atoms with Crippen molar-refractivity contribution in [2.75, 3.05) is 18.5 Å². The zero-order chi connectivity index (χ0) is 22.2. The van der Waals surface area contributed by atoms with Crippen LogP contribution in [0.4, 0.5) is 5.13 Å². The minimum Gasteiger partial charge on any atom is -0.373 e. The molecule has 2 aromatic carbocycles. The van der Waals surface area contributed by atoms with Crippen molar-refractivity contribution in [1.29, 1.82) is 0 Å². The quantitative estimate of drug-likeness (QED) is 0.542. The van der Waals surface area contributed by atoms with Gasteiger partial charge in [-0.1, -0.05) is 29.0 Å². The second kappa shape index (κ2) is 8.71. The van der Waals surface area contributed by atoms with E-state index in [9.17, 15) is 13.2 Å². The number of halogens is 1. The van der Waals surface area contributed by atoms with Crippen LogP contribution < -0.4 is 10.9 Å². The van der Waals surface area contributed by atoms with Gasteiger partial charge in [0, 0.05) is 18.7 Å². The van der Waals surface area contributed by atoms with Gasteiger partial charge in [0.15, 0.2) is 0 Å². The largest absolute Gasteiger partial charge is 0.373 e. The molecule has 0 bridgehead atoms. The van der Waals surface area contributed by atoms with Crippen LogP contribution in [0.3, 0.4) is 0 Å². The number of benzene rings is 2. The Bertz CT molecular complexity index is 1200. The number of carbonyl (C=O) groups is 1. The van der Waals surface area contributed by atoms with Crippen molar-refractivity contribution in [2.24, 2.45) is 0 Å². The molecule has 1 fully saturated rings. The first-order valence-corrected chi connectivity index (χ1v) is 12.2. The summed E-state index contributed by atoms with van der Waals surface area (Å²) in [5, 5.41) is 1.03. The van der Waals surface area contributed by atoms with Gasteiger partial charge in [-0.25, -0.2) is 13.4 Å². The van der Waals surface area contributed by atoms with Gasteiger partial charge in [-0.15, -0.1) is 0 Å². The summed E-state index contributed by atoms with van der Waals surface area (Å²) < 4.78 is 33.8. The summed E-state index contributed by atoms with van der Waals surface area (Å²) in [7, 11) is -3.66. The van der Waals surface area contributed by atoms with Gasteiger partial charge >= 0.3 is 0 Å². The first-order chi connectivity index (χ1) is 14.7. The minimum atomic E-state index is -3.66. The zero-order valence-corrected chi connectivity index (χ0v) is 19.2. The fraction of sp³-hybridized carbons (Fsp3) is 0.300. The summed E-state index contributed by atoms with van der Waals surface area (Å²) in [5.74, 6) is -0.414. The molecule has 164 valence electrons. The van der Waals surface area contributed by atoms with E-state index < -0.39 is 15.9 Å². The van der Waals surface area contributed by atoms with Gasteiger partial charge in [0.2, 0.25) is 15.2 Å². The Kier molecular flexibility index (Phi) is 6.18. The summed E-state index contributed by atoms with van der Waals surface area (Å²) in [6.07, 6.45) is -0.348. The molecule has 2 N–H and O–H groups in total. The Balaban J connectivity index is 1.43. The van der Waals surface area contributed by atoms with Crippen LogP contribution in [0.1, 0.15) is 24.2 Å². The molecule has 2 heterocycles. The lowest BCUT2D eigenvalue weighted by molar-refractivity contribution is -0.0440. The number of amides is 1. The van der Waals surface area contributed by atoms with Crippen LogP contribution in [0.5, 0.6) is 0 Å². The monoisotopic (exact) mass is 480 g/mol. The number of hydrazine groups is 1. The molecule has 1 aromatic heterocycles. The number of nitrogens with zero attached hydrogens (tertiary/aromatic N) is 2. The second-order valence-electron chi connectivity index (χ2n) is 7.29. The predicted molar refractivity (Wildman–Crippen MR) is 121 cm³/mol. The van der Waals surface area contributed by atoms with Gasteiger partial charge < -0.3 is 4.74 Å². The van der Waals surface area contributed by atoms with Crippen LogP contribution in [-0.4, -0.2) is 48.9 Å². The number of anilines is 1. The van der Waals surface area contributed by atoms with Crippen LogP contribution in [0.15, 0.2) is 47.4 Å². The Labute approximate surface area is 189 Å². The highest BCUT2D eigenvalue weighted by molar-refractivity contribution is 7.89. The van der Waals surface area contributed by atoms with E-state index in [4.69, 9.17) is 16.3 Å². The van der Waals surface area contributed by atoms with Crippen molar-refractivity contribution in [3.63, 3.8) is 0 Å². The van der Waals surface area contributed by atoms with E-state index in [1.807, 2.05) is 26.0 Å². The molecule has 1 aliphatic rings. The topological polar surface area (TPSA) is 101 Å². The van der Waals surface area contributed by atoms with E-state index in [2.05, 4.69) is 15.8 Å². The van der Waals surface area contributed by atoms with Crippen LogP contribution in [0.2, 0.25) is 5.02 Å². The molecule has 11 heteroatoms. The average Bonchev–Trinajstić information content (AvgIpc) is 3.16. The smallest absolute Gasteiger partial charge is 0.269 e. The number of hydrogen-bond donors (Lipinski definition) is 2. The van der Waals surface area contributed by atoms with Crippen LogP contribution in [-0.2, 0) is 14.8 Å². The van der Waals surface area contributed by atoms with Crippen molar-refractivity contribution >= 4 is 54.2 Å². The molecule has 2 atom stereocenters. The first-order valence-electron chi connectivity index (χ1n) is 9.61. The lowest BCUT2D eigenvalue weighted by Crippen LogP contribution is -2.48. The first kappa shape index (κ1) is 22.0. The number of thiazole rings is 1. The number of nitrogens with one attached hydrogen (secondary N) is 2. The number of para-hydroxylation sites is 1. The fourth-order valence-corrected chi connectivity index (χ4v) is 6.11. The zero-order valence-electron chi connectivity index (χ0n) is 16.8. The van der Waals surface area contributed by atoms with Crippen molar-refractivity contribution < 1.29 is 17.9 Å². The second-order valence-corrected chi connectivity index (χ2v) is 10.7. The normalized spacial score (nSPS) is 20.0. The molecule has 1 amide bonds. The van der Waals surface area contributed by atoms with E-state index in [-0.39, 0.29) is 17.1 Å². The Morgan fingerprint density at radius 2 is 1.84 bits per heavy atom. The molecular formula is C20H21ClN4O4S2. The Morgan fingerprint density at radius 3 is 2.48 bits per heavy atom. The fourth-order valence-electron chi connectivity index (χ4n) is 3.41. The summed E-state index contributed by atoms with van der Waals surface area (Å²) in [5.41, 5.74) is 6.32. The third-order valence-electron chi connectivity index (χ3n) is 4.79. The van der Waals surface area contributed by atoms with E-state index in [1.165, 1.54) is 39.9 Å². The van der Waals surface area contributed by atoms with Gasteiger partial charge in [0.25, 0.3) is 5.91 Å². The molecule has 0 aliphatic carbocycles. The SMILES string of the molecule is C[C@@H]1CN(S(=O)(=O)c2ccc(C(=O)NNc3nc4c(Cl)cccc4s3)cc2)C[C@H](C)O1. The van der Waals surface area contributed by atoms with Crippen molar-refractivity contribution in [3.05, 3.63) is 53.1 Å². The molecule has 0 saturated carbocycles. The minimum absolute atomic E-state index is 0.138. The molecule has 4 rings (SSSR count). The highest BCUT2D eigenvalue weighted by atomic mass is 35.5. The van der Waals surface area contributed by atoms with Gasteiger partial charge in [-0.05, 0) is 50.2 Å². The van der Waals surface area contributed by atoms with E-state index in [0.717, 1.165) is 4.70 Å². The molecule has 31 heavy (non-hydrogen) atoms. The molecule has 3 aromatic rings. The number of aromatic nitrogens is 1. The third-order valence-corrected chi connectivity index (χ3v) is 7.88. The Morgan fingerprint density at radius 1 is 1.16 bits per heavy atom. The molecule has 1 aliphatic heterocycles. The molecule has 0 spiro atoms. The van der Waals surface area contributed by atoms with Crippen LogP contribution in [0.25, 0.3) is 10.2 Å². The van der Waals surface area contributed by atoms with Gasteiger partial charge in [-0.2, -0.15) is 4.31 Å². The number of rotatable bonds is 5. The number of morpholine rings is 1. The lowest BCUT2D eigenvalue weighted by Gasteiger charge is -2.34. The summed E-state index contributed by atoms with van der Waals surface area (Å²) in [6, 6.07) is 11.3. The molecule has 8 nitrogen and oxygen atoms in total. The average molecular weight is 481 g/mol.